The molecule has 0 saturated carbocycles. The molecule has 2 N–H and O–H groups in total. The number of nitrogens with one attached hydrogen (secondary N) is 1. The van der Waals surface area contributed by atoms with Crippen molar-refractivity contribution in [3.05, 3.63) is 27.1 Å². The molecule has 0 aliphatic carbocycles. The van der Waals surface area contributed by atoms with Crippen LogP contribution >= 0.6 is 15.9 Å². The van der Waals surface area contributed by atoms with E-state index in [2.05, 4.69) is 26.0 Å². The van der Waals surface area contributed by atoms with Crippen molar-refractivity contribution in [1.82, 2.24) is 14.6 Å². The molecule has 0 aromatic carbocycles. The van der Waals surface area contributed by atoms with Gasteiger partial charge in [-0.2, -0.15) is 9.61 Å². The van der Waals surface area contributed by atoms with Crippen LogP contribution in [0, 0.1) is 0 Å². The lowest BCUT2D eigenvalue weighted by Gasteiger charge is -1.93. The fourth-order valence-electron chi connectivity index (χ4n) is 0.957. The maximum absolute atomic E-state index is 10.8. The van der Waals surface area contributed by atoms with Crippen molar-refractivity contribution in [2.75, 3.05) is 0 Å². The summed E-state index contributed by atoms with van der Waals surface area (Å²) >= 11 is 3.12. The Hall–Kier alpha value is -1.30. The van der Waals surface area contributed by atoms with Crippen molar-refractivity contribution < 1.29 is 5.11 Å². The largest absolute Gasteiger partial charge is 0.493 e. The van der Waals surface area contributed by atoms with E-state index in [0.29, 0.717) is 10.3 Å². The molecule has 2 rings (SSSR count). The molecular formula is C6H4BrN3O2. The number of aromatic amines is 1. The zero-order valence-corrected chi connectivity index (χ0v) is 7.37. The summed E-state index contributed by atoms with van der Waals surface area (Å²) in [6.07, 6.45) is 0. The SMILES string of the molecule is O=c1cc(O)n2nc(Br)cc2[nH]1. The monoisotopic (exact) mass is 229 g/mol. The Morgan fingerprint density at radius 2 is 2.33 bits per heavy atom. The summed E-state index contributed by atoms with van der Waals surface area (Å²) in [5, 5.41) is 13.1. The second kappa shape index (κ2) is 2.34. The van der Waals surface area contributed by atoms with E-state index in [1.54, 1.807) is 6.07 Å². The molecule has 5 nitrogen and oxygen atoms in total. The number of H-pyrrole nitrogens is 1. The van der Waals surface area contributed by atoms with Gasteiger partial charge in [-0.3, -0.25) is 4.79 Å². The van der Waals surface area contributed by atoms with E-state index in [1.807, 2.05) is 0 Å². The molecule has 12 heavy (non-hydrogen) atoms. The third kappa shape index (κ3) is 1.00. The molecule has 0 unspecified atom stereocenters. The van der Waals surface area contributed by atoms with Gasteiger partial charge in [0.1, 0.15) is 10.3 Å². The summed E-state index contributed by atoms with van der Waals surface area (Å²) in [4.78, 5) is 13.3. The molecular weight excluding hydrogens is 226 g/mol. The maximum atomic E-state index is 10.8. The highest BCUT2D eigenvalue weighted by atomic mass is 79.9. The summed E-state index contributed by atoms with van der Waals surface area (Å²) in [5.41, 5.74) is 0.0966. The highest BCUT2D eigenvalue weighted by Crippen LogP contribution is 2.12. The molecule has 0 aliphatic heterocycles. The van der Waals surface area contributed by atoms with Gasteiger partial charge in [0.05, 0.1) is 6.07 Å². The van der Waals surface area contributed by atoms with Crippen molar-refractivity contribution in [2.24, 2.45) is 0 Å². The van der Waals surface area contributed by atoms with Crippen LogP contribution in [0.5, 0.6) is 5.88 Å². The molecule has 0 bridgehead atoms. The van der Waals surface area contributed by atoms with Crippen LogP contribution in [-0.2, 0) is 0 Å². The number of hydrogen-bond donors (Lipinski definition) is 2. The fourth-order valence-corrected chi connectivity index (χ4v) is 1.33. The lowest BCUT2D eigenvalue weighted by molar-refractivity contribution is 0.434. The predicted octanol–water partition coefficient (Wildman–Crippen LogP) is 0.491. The molecule has 62 valence electrons. The molecule has 0 spiro atoms. The van der Waals surface area contributed by atoms with Crippen LogP contribution in [0.3, 0.4) is 0 Å². The van der Waals surface area contributed by atoms with E-state index in [1.165, 1.54) is 4.52 Å². The molecule has 0 fully saturated rings. The Bertz CT molecular complexity index is 487. The third-order valence-electron chi connectivity index (χ3n) is 1.41. The van der Waals surface area contributed by atoms with E-state index < -0.39 is 0 Å². The first-order chi connectivity index (χ1) is 5.66. The first-order valence-electron chi connectivity index (χ1n) is 3.14. The van der Waals surface area contributed by atoms with Gasteiger partial charge in [-0.25, -0.2) is 0 Å². The number of hydrogen-bond acceptors (Lipinski definition) is 3. The average Bonchev–Trinajstić information content (AvgIpc) is 2.29. The third-order valence-corrected chi connectivity index (χ3v) is 1.80. The van der Waals surface area contributed by atoms with E-state index in [4.69, 9.17) is 0 Å². The predicted molar refractivity (Wildman–Crippen MR) is 45.2 cm³/mol. The molecule has 0 radical (unpaired) electrons. The lowest BCUT2D eigenvalue weighted by Crippen LogP contribution is -2.06. The van der Waals surface area contributed by atoms with Crippen LogP contribution in [0.4, 0.5) is 0 Å². The van der Waals surface area contributed by atoms with E-state index >= 15 is 0 Å². The topological polar surface area (TPSA) is 70.4 Å². The van der Waals surface area contributed by atoms with Gasteiger partial charge < -0.3 is 10.1 Å². The molecule has 2 heterocycles. The van der Waals surface area contributed by atoms with E-state index in [0.717, 1.165) is 6.07 Å². The highest BCUT2D eigenvalue weighted by molar-refractivity contribution is 9.10. The molecule has 0 saturated heterocycles. The standard InChI is InChI=1S/C6H4BrN3O2/c7-3-1-4-8-5(11)2-6(12)10(4)9-3/h1-2,12H,(H,8,11). The minimum Gasteiger partial charge on any atom is -0.493 e. The molecule has 6 heteroatoms. The Kier molecular flexibility index (Phi) is 1.44. The number of aromatic nitrogens is 3. The van der Waals surface area contributed by atoms with Gasteiger partial charge in [-0.1, -0.05) is 0 Å². The quantitative estimate of drug-likeness (QED) is 0.691. The van der Waals surface area contributed by atoms with Crippen molar-refractivity contribution in [3.8, 4) is 5.88 Å². The van der Waals surface area contributed by atoms with Gasteiger partial charge in [-0.05, 0) is 15.9 Å². The first-order valence-corrected chi connectivity index (χ1v) is 3.94. The van der Waals surface area contributed by atoms with Crippen molar-refractivity contribution >= 4 is 21.6 Å². The van der Waals surface area contributed by atoms with Gasteiger partial charge in [0.2, 0.25) is 5.88 Å². The smallest absolute Gasteiger partial charge is 0.254 e. The maximum Gasteiger partial charge on any atom is 0.254 e. The first kappa shape index (κ1) is 7.35. The minimum absolute atomic E-state index is 0.181. The molecule has 2 aromatic heterocycles. The number of fused-ring (bicyclic) bond motifs is 1. The normalized spacial score (nSPS) is 10.8. The zero-order chi connectivity index (χ0) is 8.72. The average molecular weight is 230 g/mol. The van der Waals surface area contributed by atoms with Crippen LogP contribution in [-0.4, -0.2) is 19.7 Å². The van der Waals surface area contributed by atoms with Gasteiger partial charge in [0.15, 0.2) is 0 Å². The zero-order valence-electron chi connectivity index (χ0n) is 5.78. The Labute approximate surface area is 74.8 Å². The van der Waals surface area contributed by atoms with Crippen LogP contribution in [0.1, 0.15) is 0 Å². The van der Waals surface area contributed by atoms with Gasteiger partial charge >= 0.3 is 0 Å². The lowest BCUT2D eigenvalue weighted by atomic mass is 10.6. The minimum atomic E-state index is -0.354. The second-order valence-corrected chi connectivity index (χ2v) is 3.07. The second-order valence-electron chi connectivity index (χ2n) is 2.26. The highest BCUT2D eigenvalue weighted by Gasteiger charge is 2.03. The van der Waals surface area contributed by atoms with Crippen molar-refractivity contribution in [3.63, 3.8) is 0 Å². The Morgan fingerprint density at radius 1 is 1.58 bits per heavy atom. The Balaban J connectivity index is 2.97. The summed E-state index contributed by atoms with van der Waals surface area (Å²) in [6, 6.07) is 2.66. The summed E-state index contributed by atoms with van der Waals surface area (Å²) in [5.74, 6) is -0.181. The molecule has 0 atom stereocenters. The van der Waals surface area contributed by atoms with Crippen molar-refractivity contribution in [2.45, 2.75) is 0 Å². The number of aromatic hydroxyl groups is 1. The van der Waals surface area contributed by atoms with Crippen LogP contribution < -0.4 is 5.56 Å². The fraction of sp³-hybridized carbons (Fsp3) is 0. The summed E-state index contributed by atoms with van der Waals surface area (Å²) in [7, 11) is 0. The number of nitrogens with zero attached hydrogens (tertiary/aromatic N) is 2. The van der Waals surface area contributed by atoms with Gasteiger partial charge in [0.25, 0.3) is 5.56 Å². The molecule has 0 aliphatic rings. The molecule has 0 amide bonds. The van der Waals surface area contributed by atoms with Crippen molar-refractivity contribution in [1.29, 1.82) is 0 Å². The number of rotatable bonds is 0. The Morgan fingerprint density at radius 3 is 3.08 bits per heavy atom. The van der Waals surface area contributed by atoms with Gasteiger partial charge in [-0.15, -0.1) is 0 Å². The summed E-state index contributed by atoms with van der Waals surface area (Å²) < 4.78 is 1.78. The van der Waals surface area contributed by atoms with Gasteiger partial charge in [0, 0.05) is 6.07 Å². The van der Waals surface area contributed by atoms with Crippen LogP contribution in [0.2, 0.25) is 0 Å². The van der Waals surface area contributed by atoms with Crippen LogP contribution in [0.25, 0.3) is 5.65 Å². The molecule has 2 aromatic rings. The van der Waals surface area contributed by atoms with E-state index in [-0.39, 0.29) is 11.4 Å². The summed E-state index contributed by atoms with van der Waals surface area (Å²) in [6.45, 7) is 0. The van der Waals surface area contributed by atoms with E-state index in [9.17, 15) is 9.90 Å². The van der Waals surface area contributed by atoms with Crippen LogP contribution in [0.15, 0.2) is 21.5 Å². The number of halogens is 1.